The van der Waals surface area contributed by atoms with Gasteiger partial charge in [0.05, 0.1) is 17.9 Å². The van der Waals surface area contributed by atoms with Crippen molar-refractivity contribution in [3.05, 3.63) is 35.1 Å². The molecule has 9 heteroatoms. The lowest BCUT2D eigenvalue weighted by Crippen LogP contribution is -2.30. The van der Waals surface area contributed by atoms with Crippen LogP contribution < -0.4 is 5.32 Å². The number of aryl methyl sites for hydroxylation is 2. The zero-order chi connectivity index (χ0) is 17.3. The average Bonchev–Trinajstić information content (AvgIpc) is 3.11. The third kappa shape index (κ3) is 2.78. The molecule has 0 radical (unpaired) electrons. The molecule has 2 aromatic heterocycles. The molecule has 0 aliphatic carbocycles. The largest absolute Gasteiger partial charge is 0.460 e. The van der Waals surface area contributed by atoms with Gasteiger partial charge in [0, 0.05) is 31.6 Å². The fourth-order valence-electron chi connectivity index (χ4n) is 2.82. The van der Waals surface area contributed by atoms with Crippen LogP contribution in [0.25, 0.3) is 0 Å². The number of esters is 1. The highest BCUT2D eigenvalue weighted by Crippen LogP contribution is 2.36. The van der Waals surface area contributed by atoms with Crippen molar-refractivity contribution >= 4 is 11.9 Å². The minimum absolute atomic E-state index is 0.190. The lowest BCUT2D eigenvalue weighted by Gasteiger charge is -2.27. The first-order valence-corrected chi connectivity index (χ1v) is 7.56. The third-order valence-corrected chi connectivity index (χ3v) is 3.88. The number of hydrogen-bond acceptors (Lipinski definition) is 7. The van der Waals surface area contributed by atoms with Gasteiger partial charge in [-0.2, -0.15) is 15.2 Å². The average molecular weight is 332 g/mol. The van der Waals surface area contributed by atoms with Crippen LogP contribution in [-0.4, -0.2) is 50.8 Å². The molecule has 1 aliphatic heterocycles. The molecule has 0 unspecified atom stereocenters. The Hall–Kier alpha value is -2.68. The van der Waals surface area contributed by atoms with Gasteiger partial charge in [0.15, 0.2) is 0 Å². The van der Waals surface area contributed by atoms with Gasteiger partial charge in [-0.1, -0.05) is 0 Å². The van der Waals surface area contributed by atoms with E-state index in [1.807, 2.05) is 27.1 Å². The van der Waals surface area contributed by atoms with Crippen molar-refractivity contribution < 1.29 is 14.3 Å². The first-order chi connectivity index (χ1) is 11.5. The second-order valence-corrected chi connectivity index (χ2v) is 5.57. The van der Waals surface area contributed by atoms with Crippen LogP contribution in [0.1, 0.15) is 24.2 Å². The quantitative estimate of drug-likeness (QED) is 0.639. The molecule has 1 atom stereocenters. The number of rotatable bonds is 5. The molecule has 3 heterocycles. The first-order valence-electron chi connectivity index (χ1n) is 7.56. The number of allylic oxidation sites excluding steroid dienone is 1. The maximum Gasteiger partial charge on any atom is 0.338 e. The number of anilines is 1. The monoisotopic (exact) mass is 332 g/mol. The van der Waals surface area contributed by atoms with E-state index in [-0.39, 0.29) is 6.61 Å². The summed E-state index contributed by atoms with van der Waals surface area (Å²) in [4.78, 5) is 16.8. The minimum Gasteiger partial charge on any atom is -0.460 e. The normalized spacial score (nSPS) is 16.8. The molecule has 0 saturated carbocycles. The highest BCUT2D eigenvalue weighted by Gasteiger charge is 2.36. The van der Waals surface area contributed by atoms with Gasteiger partial charge in [0.2, 0.25) is 5.95 Å². The summed E-state index contributed by atoms with van der Waals surface area (Å²) < 4.78 is 13.7. The van der Waals surface area contributed by atoms with Crippen LogP contribution in [0, 0.1) is 6.92 Å². The van der Waals surface area contributed by atoms with Crippen LogP contribution in [0.15, 0.2) is 23.8 Å². The van der Waals surface area contributed by atoms with Crippen molar-refractivity contribution in [2.45, 2.75) is 19.9 Å². The molecule has 24 heavy (non-hydrogen) atoms. The number of carbonyl (C=O) groups is 1. The summed E-state index contributed by atoms with van der Waals surface area (Å²) in [6.07, 6.45) is 3.33. The predicted molar refractivity (Wildman–Crippen MR) is 85.3 cm³/mol. The smallest absolute Gasteiger partial charge is 0.338 e. The number of nitrogens with zero attached hydrogens (tertiary/aromatic N) is 5. The summed E-state index contributed by atoms with van der Waals surface area (Å²) in [7, 11) is 3.40. The molecule has 128 valence electrons. The maximum atomic E-state index is 12.7. The standard InChI is InChI=1S/C15H20N6O3/c1-9-11(7-20(3)19-9)13-12(14(22)24-6-5-23-4)10(2)18-15-16-8-17-21(13)15/h7-8,13H,5-6H2,1-4H3,(H,16,17,18)/t13-/m1/s1. The highest BCUT2D eigenvalue weighted by atomic mass is 16.6. The first kappa shape index (κ1) is 16.2. The maximum absolute atomic E-state index is 12.7. The Morgan fingerprint density at radius 1 is 1.38 bits per heavy atom. The summed E-state index contributed by atoms with van der Waals surface area (Å²) in [6, 6.07) is -0.438. The van der Waals surface area contributed by atoms with E-state index in [2.05, 4.69) is 20.5 Å². The topological polar surface area (TPSA) is 96.1 Å². The van der Waals surface area contributed by atoms with Gasteiger partial charge in [0.1, 0.15) is 19.0 Å². The van der Waals surface area contributed by atoms with Crippen LogP contribution >= 0.6 is 0 Å². The number of aromatic nitrogens is 5. The van der Waals surface area contributed by atoms with Crippen LogP contribution in [0.3, 0.4) is 0 Å². The van der Waals surface area contributed by atoms with Gasteiger partial charge in [-0.25, -0.2) is 9.48 Å². The van der Waals surface area contributed by atoms with Crippen molar-refractivity contribution in [2.75, 3.05) is 25.6 Å². The molecule has 3 rings (SSSR count). The Morgan fingerprint density at radius 2 is 2.17 bits per heavy atom. The van der Waals surface area contributed by atoms with E-state index < -0.39 is 12.0 Å². The summed E-state index contributed by atoms with van der Waals surface area (Å²) in [6.45, 7) is 4.26. The highest BCUT2D eigenvalue weighted by molar-refractivity contribution is 5.92. The van der Waals surface area contributed by atoms with Crippen LogP contribution in [0.5, 0.6) is 0 Å². The Balaban J connectivity index is 2.03. The van der Waals surface area contributed by atoms with E-state index in [0.29, 0.717) is 23.8 Å². The van der Waals surface area contributed by atoms with Gasteiger partial charge in [-0.05, 0) is 13.8 Å². The Bertz CT molecular complexity index is 791. The summed E-state index contributed by atoms with van der Waals surface area (Å²) in [5.41, 5.74) is 2.87. The molecule has 0 amide bonds. The predicted octanol–water partition coefficient (Wildman–Crippen LogP) is 0.799. The second kappa shape index (κ2) is 6.44. The van der Waals surface area contributed by atoms with E-state index in [0.717, 1.165) is 11.3 Å². The lowest BCUT2D eigenvalue weighted by atomic mass is 9.96. The van der Waals surface area contributed by atoms with Crippen molar-refractivity contribution in [2.24, 2.45) is 7.05 Å². The molecule has 0 spiro atoms. The van der Waals surface area contributed by atoms with E-state index >= 15 is 0 Å². The van der Waals surface area contributed by atoms with Crippen molar-refractivity contribution in [1.29, 1.82) is 0 Å². The minimum atomic E-state index is -0.438. The zero-order valence-electron chi connectivity index (χ0n) is 14.1. The number of ether oxygens (including phenoxy) is 2. The summed E-state index contributed by atoms with van der Waals surface area (Å²) in [5, 5.41) is 11.7. The Labute approximate surface area is 139 Å². The van der Waals surface area contributed by atoms with Gasteiger partial charge in [-0.15, -0.1) is 0 Å². The van der Waals surface area contributed by atoms with Crippen molar-refractivity contribution in [1.82, 2.24) is 24.5 Å². The Morgan fingerprint density at radius 3 is 2.83 bits per heavy atom. The summed E-state index contributed by atoms with van der Waals surface area (Å²) in [5.74, 6) is 0.167. The number of hydrogen-bond donors (Lipinski definition) is 1. The molecule has 0 fully saturated rings. The van der Waals surface area contributed by atoms with E-state index in [1.165, 1.54) is 6.33 Å². The number of methoxy groups -OCH3 is 1. The lowest BCUT2D eigenvalue weighted by molar-refractivity contribution is -0.140. The molecule has 2 aromatic rings. The van der Waals surface area contributed by atoms with E-state index in [1.54, 1.807) is 16.5 Å². The fraction of sp³-hybridized carbons (Fsp3) is 0.467. The molecule has 0 bridgehead atoms. The van der Waals surface area contributed by atoms with Gasteiger partial charge in [-0.3, -0.25) is 4.68 Å². The second-order valence-electron chi connectivity index (χ2n) is 5.57. The van der Waals surface area contributed by atoms with E-state index in [4.69, 9.17) is 9.47 Å². The molecular weight excluding hydrogens is 312 g/mol. The van der Waals surface area contributed by atoms with Gasteiger partial charge >= 0.3 is 5.97 Å². The van der Waals surface area contributed by atoms with Crippen molar-refractivity contribution in [3.63, 3.8) is 0 Å². The van der Waals surface area contributed by atoms with Crippen LogP contribution in [-0.2, 0) is 21.3 Å². The molecule has 9 nitrogen and oxygen atoms in total. The SMILES string of the molecule is COCCOC(=O)C1=C(C)Nc2ncnn2[C@@H]1c1cn(C)nc1C. The molecule has 1 aliphatic rings. The molecule has 1 N–H and O–H groups in total. The molecular formula is C15H20N6O3. The summed E-state index contributed by atoms with van der Waals surface area (Å²) >= 11 is 0. The Kier molecular flexibility index (Phi) is 4.34. The van der Waals surface area contributed by atoms with Gasteiger partial charge in [0.25, 0.3) is 0 Å². The van der Waals surface area contributed by atoms with Crippen molar-refractivity contribution in [3.8, 4) is 0 Å². The van der Waals surface area contributed by atoms with E-state index in [9.17, 15) is 4.79 Å². The van der Waals surface area contributed by atoms with Crippen LogP contribution in [0.2, 0.25) is 0 Å². The zero-order valence-corrected chi connectivity index (χ0v) is 14.1. The molecule has 0 aromatic carbocycles. The number of fused-ring (bicyclic) bond motifs is 1. The third-order valence-electron chi connectivity index (χ3n) is 3.88. The number of carbonyl (C=O) groups excluding carboxylic acids is 1. The molecule has 0 saturated heterocycles. The number of nitrogens with one attached hydrogen (secondary N) is 1. The van der Waals surface area contributed by atoms with Crippen LogP contribution in [0.4, 0.5) is 5.95 Å². The fourth-order valence-corrected chi connectivity index (χ4v) is 2.82. The van der Waals surface area contributed by atoms with Gasteiger partial charge < -0.3 is 14.8 Å².